The Morgan fingerprint density at radius 3 is 2.48 bits per heavy atom. The predicted molar refractivity (Wildman–Crippen MR) is 83.6 cm³/mol. The van der Waals surface area contributed by atoms with E-state index >= 15 is 0 Å². The number of carbonyl (C=O) groups is 2. The molecule has 21 heavy (non-hydrogen) atoms. The number of anilines is 1. The SMILES string of the molecule is CC(O)CC(C)CNC(=O)C(=O)Nc1ccc(Cl)cc1Cl. The largest absolute Gasteiger partial charge is 0.393 e. The summed E-state index contributed by atoms with van der Waals surface area (Å²) < 4.78 is 0. The first kappa shape index (κ1) is 17.8. The van der Waals surface area contributed by atoms with Gasteiger partial charge < -0.3 is 15.7 Å². The lowest BCUT2D eigenvalue weighted by molar-refractivity contribution is -0.136. The summed E-state index contributed by atoms with van der Waals surface area (Å²) in [5.41, 5.74) is 0.318. The number of hydrogen-bond acceptors (Lipinski definition) is 3. The van der Waals surface area contributed by atoms with Gasteiger partial charge in [-0.05, 0) is 37.5 Å². The average molecular weight is 333 g/mol. The van der Waals surface area contributed by atoms with Crippen molar-refractivity contribution in [1.29, 1.82) is 0 Å². The third kappa shape index (κ3) is 6.33. The molecule has 2 amide bonds. The van der Waals surface area contributed by atoms with Crippen molar-refractivity contribution in [2.75, 3.05) is 11.9 Å². The van der Waals surface area contributed by atoms with Crippen LogP contribution in [-0.2, 0) is 9.59 Å². The summed E-state index contributed by atoms with van der Waals surface area (Å²) in [4.78, 5) is 23.4. The number of hydrogen-bond donors (Lipinski definition) is 3. The average Bonchev–Trinajstić information content (AvgIpc) is 2.38. The number of carbonyl (C=O) groups excluding carboxylic acids is 2. The Kier molecular flexibility index (Phi) is 6.95. The minimum Gasteiger partial charge on any atom is -0.393 e. The molecular weight excluding hydrogens is 315 g/mol. The number of rotatable bonds is 5. The van der Waals surface area contributed by atoms with Crippen molar-refractivity contribution in [3.05, 3.63) is 28.2 Å². The van der Waals surface area contributed by atoms with Crippen molar-refractivity contribution in [3.8, 4) is 0 Å². The Hall–Kier alpha value is -1.30. The van der Waals surface area contributed by atoms with Gasteiger partial charge in [-0.2, -0.15) is 0 Å². The maximum absolute atomic E-state index is 11.7. The van der Waals surface area contributed by atoms with Crippen molar-refractivity contribution in [1.82, 2.24) is 5.32 Å². The minimum atomic E-state index is -0.802. The van der Waals surface area contributed by atoms with Crippen LogP contribution in [0.15, 0.2) is 18.2 Å². The topological polar surface area (TPSA) is 78.4 Å². The molecule has 5 nitrogen and oxygen atoms in total. The van der Waals surface area contributed by atoms with E-state index in [1.807, 2.05) is 6.92 Å². The third-order valence-corrected chi connectivity index (χ3v) is 3.29. The number of aliphatic hydroxyl groups is 1. The van der Waals surface area contributed by atoms with Crippen molar-refractivity contribution < 1.29 is 14.7 Å². The quantitative estimate of drug-likeness (QED) is 0.724. The Morgan fingerprint density at radius 2 is 1.90 bits per heavy atom. The highest BCUT2D eigenvalue weighted by Gasteiger charge is 2.16. The summed E-state index contributed by atoms with van der Waals surface area (Å²) in [7, 11) is 0. The van der Waals surface area contributed by atoms with Crippen LogP contribution in [0.5, 0.6) is 0 Å². The second kappa shape index (κ2) is 8.22. The number of nitrogens with one attached hydrogen (secondary N) is 2. The molecule has 116 valence electrons. The molecule has 7 heteroatoms. The van der Waals surface area contributed by atoms with E-state index in [9.17, 15) is 14.7 Å². The molecule has 2 unspecified atom stereocenters. The number of halogens is 2. The van der Waals surface area contributed by atoms with Gasteiger partial charge in [0, 0.05) is 11.6 Å². The summed E-state index contributed by atoms with van der Waals surface area (Å²) in [6, 6.07) is 4.55. The van der Waals surface area contributed by atoms with Gasteiger partial charge in [0.2, 0.25) is 0 Å². The first-order valence-corrected chi connectivity index (χ1v) is 7.27. The van der Waals surface area contributed by atoms with E-state index in [2.05, 4.69) is 10.6 Å². The van der Waals surface area contributed by atoms with Crippen molar-refractivity contribution in [2.45, 2.75) is 26.4 Å². The summed E-state index contributed by atoms with van der Waals surface area (Å²) in [6.07, 6.45) is 0.101. The van der Waals surface area contributed by atoms with E-state index in [4.69, 9.17) is 23.2 Å². The van der Waals surface area contributed by atoms with E-state index in [1.54, 1.807) is 13.0 Å². The molecule has 1 rings (SSSR count). The van der Waals surface area contributed by atoms with Crippen LogP contribution >= 0.6 is 23.2 Å². The molecule has 0 spiro atoms. The smallest absolute Gasteiger partial charge is 0.313 e. The van der Waals surface area contributed by atoms with Crippen LogP contribution in [0.3, 0.4) is 0 Å². The van der Waals surface area contributed by atoms with Gasteiger partial charge in [-0.3, -0.25) is 9.59 Å². The van der Waals surface area contributed by atoms with Gasteiger partial charge in [-0.15, -0.1) is 0 Å². The van der Waals surface area contributed by atoms with Crippen LogP contribution in [0, 0.1) is 5.92 Å². The molecule has 0 aromatic heterocycles. The first-order valence-electron chi connectivity index (χ1n) is 6.52. The molecule has 0 aliphatic rings. The monoisotopic (exact) mass is 332 g/mol. The Bertz CT molecular complexity index is 521. The van der Waals surface area contributed by atoms with Crippen LogP contribution in [0.1, 0.15) is 20.3 Å². The van der Waals surface area contributed by atoms with Crippen LogP contribution in [0.2, 0.25) is 10.0 Å². The van der Waals surface area contributed by atoms with Gasteiger partial charge in [0.25, 0.3) is 0 Å². The van der Waals surface area contributed by atoms with Gasteiger partial charge in [0.05, 0.1) is 16.8 Å². The fourth-order valence-corrected chi connectivity index (χ4v) is 2.24. The fourth-order valence-electron chi connectivity index (χ4n) is 1.78. The molecule has 0 saturated carbocycles. The van der Waals surface area contributed by atoms with Crippen molar-refractivity contribution in [3.63, 3.8) is 0 Å². The molecule has 0 aliphatic heterocycles. The molecule has 2 atom stereocenters. The molecule has 0 aliphatic carbocycles. The summed E-state index contributed by atoms with van der Waals surface area (Å²) in [6.45, 7) is 3.86. The highest BCUT2D eigenvalue weighted by atomic mass is 35.5. The van der Waals surface area contributed by atoms with Gasteiger partial charge in [0.15, 0.2) is 0 Å². The predicted octanol–water partition coefficient (Wildman–Crippen LogP) is 2.46. The van der Waals surface area contributed by atoms with Crippen LogP contribution in [-0.4, -0.2) is 29.6 Å². The van der Waals surface area contributed by atoms with Crippen molar-refractivity contribution >= 4 is 40.7 Å². The first-order chi connectivity index (χ1) is 9.79. The Balaban J connectivity index is 2.49. The standard InChI is InChI=1S/C14H18Cl2N2O3/c1-8(5-9(2)19)7-17-13(20)14(21)18-12-4-3-10(15)6-11(12)16/h3-4,6,8-9,19H,5,7H2,1-2H3,(H,17,20)(H,18,21). The van der Waals surface area contributed by atoms with Crippen molar-refractivity contribution in [2.24, 2.45) is 5.92 Å². The summed E-state index contributed by atoms with van der Waals surface area (Å²) in [5.74, 6) is -1.48. The Labute approximate surface area is 133 Å². The van der Waals surface area contributed by atoms with E-state index in [-0.39, 0.29) is 10.9 Å². The maximum atomic E-state index is 11.7. The minimum absolute atomic E-state index is 0.0702. The van der Waals surface area contributed by atoms with Gasteiger partial charge in [-0.1, -0.05) is 30.1 Å². The number of benzene rings is 1. The van der Waals surface area contributed by atoms with Crippen LogP contribution in [0.4, 0.5) is 5.69 Å². The summed E-state index contributed by atoms with van der Waals surface area (Å²) in [5, 5.41) is 14.8. The highest BCUT2D eigenvalue weighted by Crippen LogP contribution is 2.25. The fraction of sp³-hybridized carbons (Fsp3) is 0.429. The number of amides is 2. The molecule has 0 bridgehead atoms. The Morgan fingerprint density at radius 1 is 1.24 bits per heavy atom. The molecule has 1 aromatic rings. The zero-order chi connectivity index (χ0) is 16.0. The molecular formula is C14H18Cl2N2O3. The maximum Gasteiger partial charge on any atom is 0.313 e. The molecule has 0 radical (unpaired) electrons. The molecule has 0 heterocycles. The lowest BCUT2D eigenvalue weighted by atomic mass is 10.0. The summed E-state index contributed by atoms with van der Waals surface area (Å²) >= 11 is 11.6. The highest BCUT2D eigenvalue weighted by molar-refractivity contribution is 6.42. The third-order valence-electron chi connectivity index (χ3n) is 2.74. The van der Waals surface area contributed by atoms with Crippen LogP contribution in [0.25, 0.3) is 0 Å². The zero-order valence-electron chi connectivity index (χ0n) is 11.8. The number of aliphatic hydroxyl groups excluding tert-OH is 1. The second-order valence-corrected chi connectivity index (χ2v) is 5.82. The van der Waals surface area contributed by atoms with Crippen LogP contribution < -0.4 is 10.6 Å². The molecule has 0 saturated heterocycles. The van der Waals surface area contributed by atoms with Gasteiger partial charge >= 0.3 is 11.8 Å². The van der Waals surface area contributed by atoms with Gasteiger partial charge in [-0.25, -0.2) is 0 Å². The molecule has 3 N–H and O–H groups in total. The molecule has 1 aromatic carbocycles. The lowest BCUT2D eigenvalue weighted by Gasteiger charge is -2.14. The zero-order valence-corrected chi connectivity index (χ0v) is 13.3. The van der Waals surface area contributed by atoms with E-state index < -0.39 is 17.9 Å². The van der Waals surface area contributed by atoms with E-state index in [1.165, 1.54) is 12.1 Å². The second-order valence-electron chi connectivity index (χ2n) is 4.98. The van der Waals surface area contributed by atoms with Gasteiger partial charge in [0.1, 0.15) is 0 Å². The lowest BCUT2D eigenvalue weighted by Crippen LogP contribution is -2.38. The molecule has 0 fully saturated rings. The van der Waals surface area contributed by atoms with E-state index in [0.717, 1.165) is 0 Å². The normalized spacial score (nSPS) is 13.4. The van der Waals surface area contributed by atoms with E-state index in [0.29, 0.717) is 23.7 Å².